The first-order chi connectivity index (χ1) is 11.1. The average Bonchev–Trinajstić information content (AvgIpc) is 2.91. The van der Waals surface area contributed by atoms with Crippen molar-refractivity contribution in [2.24, 2.45) is 0 Å². The quantitative estimate of drug-likeness (QED) is 0.777. The summed E-state index contributed by atoms with van der Waals surface area (Å²) in [5.74, 6) is 0.485. The lowest BCUT2D eigenvalue weighted by atomic mass is 10.3. The van der Waals surface area contributed by atoms with Crippen molar-refractivity contribution in [3.8, 4) is 0 Å². The molecule has 3 aromatic rings. The van der Waals surface area contributed by atoms with Gasteiger partial charge in [0.15, 0.2) is 5.58 Å². The number of rotatable bonds is 5. The Hall–Kier alpha value is -2.37. The number of carbonyl (C=O) groups is 1. The molecule has 6 heteroatoms. The lowest BCUT2D eigenvalue weighted by molar-refractivity contribution is -0.117. The van der Waals surface area contributed by atoms with Gasteiger partial charge in [-0.05, 0) is 43.4 Å². The van der Waals surface area contributed by atoms with Crippen LogP contribution in [0.2, 0.25) is 5.02 Å². The van der Waals surface area contributed by atoms with E-state index < -0.39 is 0 Å². The van der Waals surface area contributed by atoms with Gasteiger partial charge in [0.2, 0.25) is 11.8 Å². The van der Waals surface area contributed by atoms with Crippen LogP contribution in [-0.4, -0.2) is 29.4 Å². The Labute approximate surface area is 138 Å². The molecule has 1 heterocycles. The molecule has 0 saturated carbocycles. The number of aromatic nitrogens is 1. The van der Waals surface area contributed by atoms with Crippen LogP contribution in [0.15, 0.2) is 52.9 Å². The number of nitrogens with zero attached hydrogens (tertiary/aromatic N) is 2. The molecule has 1 amide bonds. The Morgan fingerprint density at radius 2 is 1.96 bits per heavy atom. The number of hydrogen-bond acceptors (Lipinski definition) is 4. The highest BCUT2D eigenvalue weighted by Gasteiger charge is 2.11. The minimum absolute atomic E-state index is 0.106. The van der Waals surface area contributed by atoms with Crippen LogP contribution in [0.3, 0.4) is 0 Å². The molecule has 0 atom stereocenters. The van der Waals surface area contributed by atoms with E-state index in [9.17, 15) is 4.79 Å². The van der Waals surface area contributed by atoms with Gasteiger partial charge in [0.1, 0.15) is 5.52 Å². The second-order valence-electron chi connectivity index (χ2n) is 5.30. The Balaban J connectivity index is 1.56. The number of benzene rings is 2. The summed E-state index contributed by atoms with van der Waals surface area (Å²) in [4.78, 5) is 18.3. The van der Waals surface area contributed by atoms with Gasteiger partial charge in [-0.15, -0.1) is 0 Å². The van der Waals surface area contributed by atoms with E-state index >= 15 is 0 Å². The van der Waals surface area contributed by atoms with Crippen molar-refractivity contribution in [3.63, 3.8) is 0 Å². The van der Waals surface area contributed by atoms with Crippen molar-refractivity contribution in [2.45, 2.75) is 6.54 Å². The fourth-order valence-electron chi connectivity index (χ4n) is 2.25. The van der Waals surface area contributed by atoms with E-state index in [1.54, 1.807) is 24.3 Å². The summed E-state index contributed by atoms with van der Waals surface area (Å²) in [5.41, 5.74) is 2.29. The number of hydrogen-bond donors (Lipinski definition) is 1. The third kappa shape index (κ3) is 4.09. The number of carbonyl (C=O) groups excluding carboxylic acids is 1. The molecular weight excluding hydrogens is 314 g/mol. The molecule has 0 aliphatic heterocycles. The highest BCUT2D eigenvalue weighted by Crippen LogP contribution is 2.16. The van der Waals surface area contributed by atoms with Gasteiger partial charge < -0.3 is 9.73 Å². The summed E-state index contributed by atoms with van der Waals surface area (Å²) >= 11 is 5.82. The SMILES string of the molecule is CN(CC(=O)Nc1ccc(Cl)cc1)Cc1nc2ccccc2o1. The van der Waals surface area contributed by atoms with Crippen LogP contribution in [0.5, 0.6) is 0 Å². The summed E-state index contributed by atoms with van der Waals surface area (Å²) in [7, 11) is 1.84. The van der Waals surface area contributed by atoms with Crippen LogP contribution in [-0.2, 0) is 11.3 Å². The molecule has 5 nitrogen and oxygen atoms in total. The second-order valence-corrected chi connectivity index (χ2v) is 5.74. The van der Waals surface area contributed by atoms with Crippen LogP contribution in [0.4, 0.5) is 5.69 Å². The number of para-hydroxylation sites is 2. The monoisotopic (exact) mass is 329 g/mol. The molecule has 0 spiro atoms. The molecule has 1 aromatic heterocycles. The summed E-state index contributed by atoms with van der Waals surface area (Å²) in [6, 6.07) is 14.6. The van der Waals surface area contributed by atoms with Crippen molar-refractivity contribution in [1.82, 2.24) is 9.88 Å². The minimum Gasteiger partial charge on any atom is -0.439 e. The smallest absolute Gasteiger partial charge is 0.238 e. The van der Waals surface area contributed by atoms with E-state index in [4.69, 9.17) is 16.0 Å². The van der Waals surface area contributed by atoms with Crippen molar-refractivity contribution >= 4 is 34.3 Å². The number of fused-ring (bicyclic) bond motifs is 1. The van der Waals surface area contributed by atoms with E-state index in [1.807, 2.05) is 36.2 Å². The lowest BCUT2D eigenvalue weighted by Crippen LogP contribution is -2.29. The zero-order valence-corrected chi connectivity index (χ0v) is 13.4. The standard InChI is InChI=1S/C17H16ClN3O2/c1-21(10-16(22)19-13-8-6-12(18)7-9-13)11-17-20-14-4-2-3-5-15(14)23-17/h2-9H,10-11H2,1H3,(H,19,22). The average molecular weight is 330 g/mol. The molecule has 1 N–H and O–H groups in total. The largest absolute Gasteiger partial charge is 0.439 e. The Morgan fingerprint density at radius 1 is 1.22 bits per heavy atom. The molecule has 0 radical (unpaired) electrons. The minimum atomic E-state index is -0.106. The zero-order chi connectivity index (χ0) is 16.2. The predicted molar refractivity (Wildman–Crippen MR) is 90.4 cm³/mol. The van der Waals surface area contributed by atoms with Gasteiger partial charge >= 0.3 is 0 Å². The van der Waals surface area contributed by atoms with Crippen LogP contribution in [0.1, 0.15) is 5.89 Å². The molecule has 23 heavy (non-hydrogen) atoms. The fraction of sp³-hybridized carbons (Fsp3) is 0.176. The molecule has 0 unspecified atom stereocenters. The van der Waals surface area contributed by atoms with Gasteiger partial charge in [0.05, 0.1) is 13.1 Å². The highest BCUT2D eigenvalue weighted by molar-refractivity contribution is 6.30. The van der Waals surface area contributed by atoms with Gasteiger partial charge in [-0.3, -0.25) is 9.69 Å². The first kappa shape index (κ1) is 15.5. The number of nitrogens with one attached hydrogen (secondary N) is 1. The predicted octanol–water partition coefficient (Wildman–Crippen LogP) is 3.55. The summed E-state index contributed by atoms with van der Waals surface area (Å²) in [6.45, 7) is 0.698. The second kappa shape index (κ2) is 6.81. The maximum Gasteiger partial charge on any atom is 0.238 e. The van der Waals surface area contributed by atoms with Crippen LogP contribution < -0.4 is 5.32 Å². The lowest BCUT2D eigenvalue weighted by Gasteiger charge is -2.14. The van der Waals surface area contributed by atoms with E-state index in [2.05, 4.69) is 10.3 Å². The number of anilines is 1. The Morgan fingerprint density at radius 3 is 2.70 bits per heavy atom. The number of likely N-dealkylation sites (N-methyl/N-ethyl adjacent to an activating group) is 1. The van der Waals surface area contributed by atoms with Gasteiger partial charge in [-0.2, -0.15) is 0 Å². The van der Waals surface area contributed by atoms with E-state index in [-0.39, 0.29) is 12.5 Å². The molecule has 0 aliphatic rings. The van der Waals surface area contributed by atoms with E-state index in [0.717, 1.165) is 16.8 Å². The molecule has 0 aliphatic carbocycles. The van der Waals surface area contributed by atoms with Gasteiger partial charge in [-0.25, -0.2) is 4.98 Å². The topological polar surface area (TPSA) is 58.4 Å². The maximum atomic E-state index is 12.0. The third-order valence-corrected chi connectivity index (χ3v) is 3.54. The summed E-state index contributed by atoms with van der Waals surface area (Å²) in [5, 5.41) is 3.46. The van der Waals surface area contributed by atoms with Crippen LogP contribution in [0.25, 0.3) is 11.1 Å². The van der Waals surface area contributed by atoms with Crippen LogP contribution in [0, 0.1) is 0 Å². The third-order valence-electron chi connectivity index (χ3n) is 3.28. The van der Waals surface area contributed by atoms with E-state index in [1.165, 1.54) is 0 Å². The van der Waals surface area contributed by atoms with Gasteiger partial charge in [0.25, 0.3) is 0 Å². The first-order valence-corrected chi connectivity index (χ1v) is 7.56. The van der Waals surface area contributed by atoms with Crippen molar-refractivity contribution in [2.75, 3.05) is 18.9 Å². The number of amides is 1. The molecule has 118 valence electrons. The summed E-state index contributed by atoms with van der Waals surface area (Å²) < 4.78 is 5.65. The number of oxazole rings is 1. The molecule has 2 aromatic carbocycles. The Kier molecular flexibility index (Phi) is 4.60. The van der Waals surface area contributed by atoms with Gasteiger partial charge in [0, 0.05) is 10.7 Å². The zero-order valence-electron chi connectivity index (χ0n) is 12.6. The fourth-order valence-corrected chi connectivity index (χ4v) is 2.38. The van der Waals surface area contributed by atoms with Crippen molar-refractivity contribution < 1.29 is 9.21 Å². The van der Waals surface area contributed by atoms with Crippen molar-refractivity contribution in [1.29, 1.82) is 0 Å². The normalized spacial score (nSPS) is 11.1. The molecule has 0 saturated heterocycles. The summed E-state index contributed by atoms with van der Waals surface area (Å²) in [6.07, 6.45) is 0. The number of halogens is 1. The maximum absolute atomic E-state index is 12.0. The highest BCUT2D eigenvalue weighted by atomic mass is 35.5. The van der Waals surface area contributed by atoms with Crippen molar-refractivity contribution in [3.05, 3.63) is 59.4 Å². The first-order valence-electron chi connectivity index (χ1n) is 7.18. The Bertz CT molecular complexity index is 781. The van der Waals surface area contributed by atoms with Gasteiger partial charge in [-0.1, -0.05) is 23.7 Å². The molecular formula is C17H16ClN3O2. The molecule has 3 rings (SSSR count). The molecule has 0 bridgehead atoms. The van der Waals surface area contributed by atoms with E-state index in [0.29, 0.717) is 17.5 Å². The van der Waals surface area contributed by atoms with Crippen LogP contribution >= 0.6 is 11.6 Å². The molecule has 0 fully saturated rings.